The van der Waals surface area contributed by atoms with Gasteiger partial charge in [-0.25, -0.2) is 4.98 Å². The van der Waals surface area contributed by atoms with Crippen molar-refractivity contribution in [2.24, 2.45) is 7.05 Å². The van der Waals surface area contributed by atoms with Gasteiger partial charge in [0.15, 0.2) is 0 Å². The Balaban J connectivity index is 1.68. The van der Waals surface area contributed by atoms with Crippen LogP contribution in [0.25, 0.3) is 22.6 Å². The fourth-order valence-electron chi connectivity index (χ4n) is 2.98. The normalized spacial score (nSPS) is 10.5. The van der Waals surface area contributed by atoms with E-state index in [2.05, 4.69) is 35.7 Å². The molecule has 4 aromatic heterocycles. The second-order valence-corrected chi connectivity index (χ2v) is 6.63. The van der Waals surface area contributed by atoms with Crippen LogP contribution in [0, 0.1) is 0 Å². The van der Waals surface area contributed by atoms with Crippen LogP contribution in [0.4, 0.5) is 11.4 Å². The number of aromatic nitrogens is 6. The molecule has 0 aliphatic carbocycles. The van der Waals surface area contributed by atoms with Crippen molar-refractivity contribution in [3.05, 3.63) is 67.1 Å². The lowest BCUT2D eigenvalue weighted by Crippen LogP contribution is -2.15. The van der Waals surface area contributed by atoms with Gasteiger partial charge in [0.25, 0.3) is 5.91 Å². The fourth-order valence-corrected chi connectivity index (χ4v) is 2.98. The molecule has 2 amide bonds. The lowest BCUT2D eigenvalue weighted by molar-refractivity contribution is -0.114. The van der Waals surface area contributed by atoms with E-state index in [1.807, 2.05) is 0 Å². The SMILES string of the molecule is CC(=O)Nc1ccc(C(=O)Nc2cn(C)nc2-c2cnccn2)nc1-c1cccnc1. The van der Waals surface area contributed by atoms with Crippen LogP contribution in [-0.4, -0.2) is 41.5 Å². The highest BCUT2D eigenvalue weighted by Gasteiger charge is 2.18. The number of carbonyl (C=O) groups is 2. The summed E-state index contributed by atoms with van der Waals surface area (Å²) in [6.45, 7) is 1.41. The number of rotatable bonds is 5. The molecule has 0 aromatic carbocycles. The van der Waals surface area contributed by atoms with Crippen molar-refractivity contribution in [3.8, 4) is 22.6 Å². The lowest BCUT2D eigenvalue weighted by Gasteiger charge is -2.11. The van der Waals surface area contributed by atoms with Crippen molar-refractivity contribution in [2.45, 2.75) is 6.92 Å². The number of aryl methyl sites for hydroxylation is 1. The van der Waals surface area contributed by atoms with Crippen LogP contribution in [0.2, 0.25) is 0 Å². The Labute approximate surface area is 177 Å². The molecule has 0 aliphatic heterocycles. The first kappa shape index (κ1) is 19.8. The molecule has 10 nitrogen and oxygen atoms in total. The van der Waals surface area contributed by atoms with Crippen molar-refractivity contribution in [2.75, 3.05) is 10.6 Å². The van der Waals surface area contributed by atoms with Gasteiger partial charge in [-0.3, -0.25) is 29.2 Å². The first-order chi connectivity index (χ1) is 15.0. The topological polar surface area (TPSA) is 128 Å². The maximum Gasteiger partial charge on any atom is 0.274 e. The van der Waals surface area contributed by atoms with Gasteiger partial charge >= 0.3 is 0 Å². The number of nitrogens with zero attached hydrogens (tertiary/aromatic N) is 6. The van der Waals surface area contributed by atoms with Crippen LogP contribution in [0.1, 0.15) is 17.4 Å². The minimum absolute atomic E-state index is 0.168. The number of amides is 2. The standard InChI is InChI=1S/C21H18N8O2/c1-13(30)25-15-5-6-16(26-19(15)14-4-3-7-22-10-14)21(31)27-18-12-29(2)28-20(18)17-11-23-8-9-24-17/h3-12H,1-2H3,(H,25,30)(H,27,31). The number of carbonyl (C=O) groups excluding carboxylic acids is 2. The van der Waals surface area contributed by atoms with Gasteiger partial charge in [0.1, 0.15) is 17.1 Å². The van der Waals surface area contributed by atoms with Gasteiger partial charge in [-0.1, -0.05) is 0 Å². The summed E-state index contributed by atoms with van der Waals surface area (Å²) in [5, 5.41) is 9.92. The second-order valence-electron chi connectivity index (χ2n) is 6.63. The number of hydrogen-bond donors (Lipinski definition) is 2. The van der Waals surface area contributed by atoms with Gasteiger partial charge in [0.05, 0.1) is 23.3 Å². The Bertz CT molecular complexity index is 1240. The average Bonchev–Trinajstić information content (AvgIpc) is 3.14. The lowest BCUT2D eigenvalue weighted by atomic mass is 10.1. The molecule has 154 valence electrons. The molecule has 0 radical (unpaired) electrons. The number of pyridine rings is 2. The van der Waals surface area contributed by atoms with Crippen molar-refractivity contribution in [1.29, 1.82) is 0 Å². The van der Waals surface area contributed by atoms with Crippen molar-refractivity contribution < 1.29 is 9.59 Å². The summed E-state index contributed by atoms with van der Waals surface area (Å²) < 4.78 is 1.58. The van der Waals surface area contributed by atoms with Gasteiger partial charge in [-0.05, 0) is 24.3 Å². The highest BCUT2D eigenvalue weighted by atomic mass is 16.2. The molecule has 0 saturated heterocycles. The molecule has 0 aliphatic rings. The highest BCUT2D eigenvalue weighted by molar-refractivity contribution is 6.05. The molecule has 0 unspecified atom stereocenters. The van der Waals surface area contributed by atoms with Crippen LogP contribution in [-0.2, 0) is 11.8 Å². The van der Waals surface area contributed by atoms with Crippen molar-refractivity contribution >= 4 is 23.2 Å². The van der Waals surface area contributed by atoms with Gasteiger partial charge in [0.2, 0.25) is 5.91 Å². The molecule has 4 heterocycles. The van der Waals surface area contributed by atoms with Gasteiger partial charge in [-0.2, -0.15) is 5.10 Å². The van der Waals surface area contributed by atoms with Crippen LogP contribution in [0.5, 0.6) is 0 Å². The van der Waals surface area contributed by atoms with E-state index >= 15 is 0 Å². The van der Waals surface area contributed by atoms with E-state index < -0.39 is 5.91 Å². The van der Waals surface area contributed by atoms with E-state index in [4.69, 9.17) is 0 Å². The minimum atomic E-state index is -0.433. The zero-order valence-electron chi connectivity index (χ0n) is 16.8. The monoisotopic (exact) mass is 414 g/mol. The Hall–Kier alpha value is -4.47. The minimum Gasteiger partial charge on any atom is -0.324 e. The molecule has 0 atom stereocenters. The van der Waals surface area contributed by atoms with Crippen LogP contribution < -0.4 is 10.6 Å². The van der Waals surface area contributed by atoms with Crippen molar-refractivity contribution in [3.63, 3.8) is 0 Å². The molecule has 0 fully saturated rings. The molecule has 4 rings (SSSR count). The van der Waals surface area contributed by atoms with E-state index in [-0.39, 0.29) is 11.6 Å². The summed E-state index contributed by atoms with van der Waals surface area (Å²) in [4.78, 5) is 41.4. The van der Waals surface area contributed by atoms with Crippen LogP contribution in [0.3, 0.4) is 0 Å². The summed E-state index contributed by atoms with van der Waals surface area (Å²) in [6.07, 6.45) is 9.61. The molecular formula is C21H18N8O2. The van der Waals surface area contributed by atoms with Gasteiger partial charge in [-0.15, -0.1) is 0 Å². The van der Waals surface area contributed by atoms with Crippen LogP contribution >= 0.6 is 0 Å². The third kappa shape index (κ3) is 4.42. The quantitative estimate of drug-likeness (QED) is 0.514. The Morgan fingerprint density at radius 1 is 0.935 bits per heavy atom. The molecule has 0 bridgehead atoms. The summed E-state index contributed by atoms with van der Waals surface area (Å²) in [5.74, 6) is -0.675. The maximum atomic E-state index is 13.0. The average molecular weight is 414 g/mol. The third-order valence-electron chi connectivity index (χ3n) is 4.26. The largest absolute Gasteiger partial charge is 0.324 e. The molecule has 2 N–H and O–H groups in total. The molecular weight excluding hydrogens is 396 g/mol. The van der Waals surface area contributed by atoms with Gasteiger partial charge < -0.3 is 10.6 Å². The van der Waals surface area contributed by atoms with E-state index in [0.717, 1.165) is 0 Å². The summed E-state index contributed by atoms with van der Waals surface area (Å²) >= 11 is 0. The maximum absolute atomic E-state index is 13.0. The zero-order chi connectivity index (χ0) is 21.8. The number of hydrogen-bond acceptors (Lipinski definition) is 7. The summed E-state index contributed by atoms with van der Waals surface area (Å²) in [6, 6.07) is 6.73. The summed E-state index contributed by atoms with van der Waals surface area (Å²) in [7, 11) is 1.75. The predicted octanol–water partition coefficient (Wildman–Crippen LogP) is 2.54. The van der Waals surface area contributed by atoms with Crippen molar-refractivity contribution in [1.82, 2.24) is 29.7 Å². The molecule has 10 heteroatoms. The van der Waals surface area contributed by atoms with Gasteiger partial charge in [0, 0.05) is 50.5 Å². The second kappa shape index (κ2) is 8.49. The Morgan fingerprint density at radius 2 is 1.77 bits per heavy atom. The number of anilines is 2. The smallest absolute Gasteiger partial charge is 0.274 e. The molecule has 0 spiro atoms. The first-order valence-electron chi connectivity index (χ1n) is 9.31. The zero-order valence-corrected chi connectivity index (χ0v) is 16.8. The number of nitrogens with one attached hydrogen (secondary N) is 2. The Kier molecular flexibility index (Phi) is 5.43. The predicted molar refractivity (Wildman–Crippen MR) is 114 cm³/mol. The molecule has 4 aromatic rings. The molecule has 31 heavy (non-hydrogen) atoms. The van der Waals surface area contributed by atoms with E-state index in [0.29, 0.717) is 34.0 Å². The summed E-state index contributed by atoms with van der Waals surface area (Å²) in [5.41, 5.74) is 3.26. The van der Waals surface area contributed by atoms with E-state index in [1.165, 1.54) is 6.92 Å². The molecule has 0 saturated carbocycles. The van der Waals surface area contributed by atoms with E-state index in [1.54, 1.807) is 73.2 Å². The third-order valence-corrected chi connectivity index (χ3v) is 4.26. The van der Waals surface area contributed by atoms with Crippen LogP contribution in [0.15, 0.2) is 61.4 Å². The first-order valence-corrected chi connectivity index (χ1v) is 9.31. The van der Waals surface area contributed by atoms with E-state index in [9.17, 15) is 9.59 Å². The fraction of sp³-hybridized carbons (Fsp3) is 0.0952. The highest BCUT2D eigenvalue weighted by Crippen LogP contribution is 2.27. The Morgan fingerprint density at radius 3 is 2.48 bits per heavy atom.